The Morgan fingerprint density at radius 1 is 1.55 bits per heavy atom. The van der Waals surface area contributed by atoms with Gasteiger partial charge in [-0.15, -0.1) is 6.42 Å². The van der Waals surface area contributed by atoms with E-state index in [0.717, 1.165) is 18.4 Å². The first kappa shape index (κ1) is 14.1. The average molecular weight is 272 g/mol. The molecule has 0 aromatic heterocycles. The van der Waals surface area contributed by atoms with E-state index >= 15 is 0 Å². The standard InChI is InChI=1S/C15H16N2O3/c1-3-8-16(10-12-5-6-12)15(18)13-9-11(2)4-7-14(13)17(19)20/h1,4,7,9,12H,5-6,8,10H2,2H3. The van der Waals surface area contributed by atoms with Crippen LogP contribution >= 0.6 is 0 Å². The average Bonchev–Trinajstić information content (AvgIpc) is 3.21. The maximum atomic E-state index is 12.5. The molecule has 1 saturated carbocycles. The van der Waals surface area contributed by atoms with E-state index < -0.39 is 4.92 Å². The van der Waals surface area contributed by atoms with Crippen molar-refractivity contribution in [1.29, 1.82) is 0 Å². The summed E-state index contributed by atoms with van der Waals surface area (Å²) in [5.41, 5.74) is 0.760. The van der Waals surface area contributed by atoms with Gasteiger partial charge < -0.3 is 4.90 Å². The Kier molecular flexibility index (Phi) is 4.04. The van der Waals surface area contributed by atoms with Gasteiger partial charge in [0.05, 0.1) is 11.5 Å². The van der Waals surface area contributed by atoms with Gasteiger partial charge in [0, 0.05) is 12.6 Å². The van der Waals surface area contributed by atoms with Crippen molar-refractivity contribution in [3.05, 3.63) is 39.4 Å². The fraction of sp³-hybridized carbons (Fsp3) is 0.400. The second-order valence-electron chi connectivity index (χ2n) is 5.11. The van der Waals surface area contributed by atoms with Crippen LogP contribution in [0.2, 0.25) is 0 Å². The van der Waals surface area contributed by atoms with Crippen LogP contribution in [0.15, 0.2) is 18.2 Å². The minimum Gasteiger partial charge on any atom is -0.327 e. The molecular weight excluding hydrogens is 256 g/mol. The minimum atomic E-state index is -0.530. The molecule has 0 unspecified atom stereocenters. The Balaban J connectivity index is 2.31. The molecule has 0 spiro atoms. The van der Waals surface area contributed by atoms with Crippen molar-refractivity contribution in [3.63, 3.8) is 0 Å². The number of carbonyl (C=O) groups excluding carboxylic acids is 1. The Bertz CT molecular complexity index is 585. The number of carbonyl (C=O) groups is 1. The summed E-state index contributed by atoms with van der Waals surface area (Å²) in [5, 5.41) is 11.0. The predicted octanol–water partition coefficient (Wildman–Crippen LogP) is 2.39. The minimum absolute atomic E-state index is 0.117. The molecular formula is C15H16N2O3. The van der Waals surface area contributed by atoms with Crippen molar-refractivity contribution in [1.82, 2.24) is 4.90 Å². The van der Waals surface area contributed by atoms with Crippen molar-refractivity contribution >= 4 is 11.6 Å². The van der Waals surface area contributed by atoms with Crippen LogP contribution in [0.5, 0.6) is 0 Å². The first-order valence-electron chi connectivity index (χ1n) is 6.50. The molecule has 20 heavy (non-hydrogen) atoms. The van der Waals surface area contributed by atoms with Gasteiger partial charge in [-0.2, -0.15) is 0 Å². The van der Waals surface area contributed by atoms with Crippen molar-refractivity contribution in [2.24, 2.45) is 5.92 Å². The maximum Gasteiger partial charge on any atom is 0.282 e. The van der Waals surface area contributed by atoms with E-state index in [0.29, 0.717) is 12.5 Å². The summed E-state index contributed by atoms with van der Waals surface area (Å²) in [6.45, 7) is 2.56. The molecule has 0 radical (unpaired) electrons. The fourth-order valence-corrected chi connectivity index (χ4v) is 2.09. The number of hydrogen-bond donors (Lipinski definition) is 0. The van der Waals surface area contributed by atoms with Crippen LogP contribution in [0.25, 0.3) is 0 Å². The zero-order valence-electron chi connectivity index (χ0n) is 11.3. The van der Waals surface area contributed by atoms with Gasteiger partial charge in [0.15, 0.2) is 0 Å². The highest BCUT2D eigenvalue weighted by Gasteiger charge is 2.29. The van der Waals surface area contributed by atoms with Crippen LogP contribution in [-0.4, -0.2) is 28.8 Å². The number of nitro benzene ring substituents is 1. The van der Waals surface area contributed by atoms with Crippen molar-refractivity contribution in [2.75, 3.05) is 13.1 Å². The summed E-state index contributed by atoms with van der Waals surface area (Å²) < 4.78 is 0. The maximum absolute atomic E-state index is 12.5. The van der Waals surface area contributed by atoms with Crippen molar-refractivity contribution in [2.45, 2.75) is 19.8 Å². The second kappa shape index (κ2) is 5.74. The third kappa shape index (κ3) is 3.15. The highest BCUT2D eigenvalue weighted by atomic mass is 16.6. The van der Waals surface area contributed by atoms with Crippen LogP contribution in [0.3, 0.4) is 0 Å². The lowest BCUT2D eigenvalue weighted by Gasteiger charge is -2.20. The lowest BCUT2D eigenvalue weighted by Crippen LogP contribution is -2.33. The fourth-order valence-electron chi connectivity index (χ4n) is 2.09. The zero-order valence-corrected chi connectivity index (χ0v) is 11.3. The molecule has 1 aromatic rings. The van der Waals surface area contributed by atoms with E-state index in [-0.39, 0.29) is 23.7 Å². The molecule has 1 fully saturated rings. The highest BCUT2D eigenvalue weighted by Crippen LogP contribution is 2.31. The van der Waals surface area contributed by atoms with Gasteiger partial charge in [-0.25, -0.2) is 0 Å². The van der Waals surface area contributed by atoms with Gasteiger partial charge in [0.25, 0.3) is 11.6 Å². The number of terminal acetylenes is 1. The molecule has 5 heteroatoms. The Labute approximate surface area is 117 Å². The smallest absolute Gasteiger partial charge is 0.282 e. The van der Waals surface area contributed by atoms with Crippen LogP contribution in [0, 0.1) is 35.3 Å². The summed E-state index contributed by atoms with van der Waals surface area (Å²) in [6, 6.07) is 4.55. The molecule has 5 nitrogen and oxygen atoms in total. The molecule has 1 aromatic carbocycles. The highest BCUT2D eigenvalue weighted by molar-refractivity contribution is 5.98. The summed E-state index contributed by atoms with van der Waals surface area (Å²) >= 11 is 0. The molecule has 1 aliphatic carbocycles. The summed E-state index contributed by atoms with van der Waals surface area (Å²) in [5.74, 6) is 2.58. The third-order valence-electron chi connectivity index (χ3n) is 3.32. The van der Waals surface area contributed by atoms with E-state index in [4.69, 9.17) is 6.42 Å². The molecule has 2 rings (SSSR count). The van der Waals surface area contributed by atoms with Crippen LogP contribution in [0.1, 0.15) is 28.8 Å². The third-order valence-corrected chi connectivity index (χ3v) is 3.32. The molecule has 0 atom stereocenters. The van der Waals surface area contributed by atoms with E-state index in [1.54, 1.807) is 19.1 Å². The molecule has 0 aliphatic heterocycles. The second-order valence-corrected chi connectivity index (χ2v) is 5.11. The molecule has 1 amide bonds. The number of amides is 1. The zero-order chi connectivity index (χ0) is 14.7. The lowest BCUT2D eigenvalue weighted by atomic mass is 10.1. The predicted molar refractivity (Wildman–Crippen MR) is 75.3 cm³/mol. The van der Waals surface area contributed by atoms with E-state index in [1.807, 2.05) is 0 Å². The lowest BCUT2D eigenvalue weighted by molar-refractivity contribution is -0.385. The van der Waals surface area contributed by atoms with Gasteiger partial charge in [-0.05, 0) is 37.3 Å². The van der Waals surface area contributed by atoms with Gasteiger partial charge >= 0.3 is 0 Å². The van der Waals surface area contributed by atoms with E-state index in [1.165, 1.54) is 11.0 Å². The normalized spacial score (nSPS) is 13.6. The monoisotopic (exact) mass is 272 g/mol. The molecule has 0 heterocycles. The van der Waals surface area contributed by atoms with Gasteiger partial charge in [0.2, 0.25) is 0 Å². The number of hydrogen-bond acceptors (Lipinski definition) is 3. The summed E-state index contributed by atoms with van der Waals surface area (Å²) in [4.78, 5) is 24.5. The summed E-state index contributed by atoms with van der Waals surface area (Å²) in [7, 11) is 0. The Hall–Kier alpha value is -2.35. The van der Waals surface area contributed by atoms with Crippen LogP contribution in [-0.2, 0) is 0 Å². The first-order chi connectivity index (χ1) is 9.52. The van der Waals surface area contributed by atoms with E-state index in [9.17, 15) is 14.9 Å². The topological polar surface area (TPSA) is 63.5 Å². The molecule has 104 valence electrons. The van der Waals surface area contributed by atoms with Gasteiger partial charge in [-0.1, -0.05) is 12.0 Å². The molecule has 1 aliphatic rings. The van der Waals surface area contributed by atoms with Crippen LogP contribution in [0.4, 0.5) is 5.69 Å². The van der Waals surface area contributed by atoms with Gasteiger partial charge in [-0.3, -0.25) is 14.9 Å². The number of aryl methyl sites for hydroxylation is 1. The van der Waals surface area contributed by atoms with E-state index in [2.05, 4.69) is 5.92 Å². The van der Waals surface area contributed by atoms with Crippen molar-refractivity contribution < 1.29 is 9.72 Å². The van der Waals surface area contributed by atoms with Crippen molar-refractivity contribution in [3.8, 4) is 12.3 Å². The first-order valence-corrected chi connectivity index (χ1v) is 6.50. The molecule has 0 bridgehead atoms. The Morgan fingerprint density at radius 2 is 2.25 bits per heavy atom. The Morgan fingerprint density at radius 3 is 2.80 bits per heavy atom. The number of nitrogens with zero attached hydrogens (tertiary/aromatic N) is 2. The summed E-state index contributed by atoms with van der Waals surface area (Å²) in [6.07, 6.45) is 7.47. The SMILES string of the molecule is C#CCN(CC1CC1)C(=O)c1cc(C)ccc1[N+](=O)[O-]. The quantitative estimate of drug-likeness (QED) is 0.469. The number of nitro groups is 1. The molecule has 0 N–H and O–H groups in total. The van der Waals surface area contributed by atoms with Crippen LogP contribution < -0.4 is 0 Å². The van der Waals surface area contributed by atoms with Gasteiger partial charge in [0.1, 0.15) is 5.56 Å². The number of rotatable bonds is 5. The largest absolute Gasteiger partial charge is 0.327 e. The number of benzene rings is 1. The molecule has 0 saturated heterocycles.